The zero-order valence-electron chi connectivity index (χ0n) is 8.45. The summed E-state index contributed by atoms with van der Waals surface area (Å²) in [6, 6.07) is 0. The van der Waals surface area contributed by atoms with Crippen molar-refractivity contribution < 1.29 is 14.3 Å². The molecule has 0 fully saturated rings. The molecule has 0 aromatic rings. The number of carbonyl (C=O) groups excluding carboxylic acids is 2. The summed E-state index contributed by atoms with van der Waals surface area (Å²) in [5, 5.41) is 0. The maximum Gasteiger partial charge on any atom is 0.178 e. The Hall–Kier alpha value is -1.22. The van der Waals surface area contributed by atoms with Crippen LogP contribution in [0.15, 0.2) is 24.3 Å². The van der Waals surface area contributed by atoms with E-state index in [1.54, 1.807) is 26.2 Å². The summed E-state index contributed by atoms with van der Waals surface area (Å²) in [5.41, 5.74) is -0.570. The molecule has 0 aromatic heterocycles. The van der Waals surface area contributed by atoms with Crippen LogP contribution in [-0.2, 0) is 14.3 Å². The summed E-state index contributed by atoms with van der Waals surface area (Å²) in [4.78, 5) is 21.7. The molecule has 0 heterocycles. The molecule has 0 aliphatic heterocycles. The van der Waals surface area contributed by atoms with E-state index < -0.39 is 5.60 Å². The second-order valence-electron chi connectivity index (χ2n) is 3.43. The standard InChI is InChI=1S/C11H14O3/c1-9(12)3-6-11(14-2)7-4-10(13)5-8-11/h4-5,7-8H,3,6H2,1-2H3. The van der Waals surface area contributed by atoms with Gasteiger partial charge in [0, 0.05) is 13.5 Å². The Bertz CT molecular complexity index is 284. The molecule has 0 spiro atoms. The first-order valence-corrected chi connectivity index (χ1v) is 4.55. The first-order valence-electron chi connectivity index (χ1n) is 4.55. The van der Waals surface area contributed by atoms with Crippen molar-refractivity contribution in [2.75, 3.05) is 7.11 Å². The average Bonchev–Trinajstić information content (AvgIpc) is 2.18. The number of allylic oxidation sites excluding steroid dienone is 2. The van der Waals surface area contributed by atoms with Gasteiger partial charge in [0.25, 0.3) is 0 Å². The molecule has 76 valence electrons. The Morgan fingerprint density at radius 1 is 1.43 bits per heavy atom. The van der Waals surface area contributed by atoms with E-state index in [0.717, 1.165) is 0 Å². The second kappa shape index (κ2) is 4.33. The van der Waals surface area contributed by atoms with Gasteiger partial charge in [-0.1, -0.05) is 0 Å². The van der Waals surface area contributed by atoms with Crippen LogP contribution in [0.3, 0.4) is 0 Å². The normalized spacial score (nSPS) is 18.6. The fourth-order valence-corrected chi connectivity index (χ4v) is 1.33. The second-order valence-corrected chi connectivity index (χ2v) is 3.43. The molecule has 0 atom stereocenters. The van der Waals surface area contributed by atoms with E-state index in [0.29, 0.717) is 12.8 Å². The number of hydrogen-bond acceptors (Lipinski definition) is 3. The van der Waals surface area contributed by atoms with Gasteiger partial charge in [0.05, 0.1) is 0 Å². The van der Waals surface area contributed by atoms with Crippen molar-refractivity contribution in [2.45, 2.75) is 25.4 Å². The first-order chi connectivity index (χ1) is 6.58. The number of rotatable bonds is 4. The van der Waals surface area contributed by atoms with E-state index in [1.165, 1.54) is 12.2 Å². The molecule has 0 radical (unpaired) electrons. The van der Waals surface area contributed by atoms with Crippen LogP contribution in [0.4, 0.5) is 0 Å². The third kappa shape index (κ3) is 2.64. The smallest absolute Gasteiger partial charge is 0.178 e. The number of ether oxygens (including phenoxy) is 1. The Kier molecular flexibility index (Phi) is 3.36. The van der Waals surface area contributed by atoms with Crippen LogP contribution in [0.1, 0.15) is 19.8 Å². The van der Waals surface area contributed by atoms with Gasteiger partial charge in [-0.25, -0.2) is 0 Å². The quantitative estimate of drug-likeness (QED) is 0.680. The highest BCUT2D eigenvalue weighted by Gasteiger charge is 2.26. The maximum atomic E-state index is 10.9. The topological polar surface area (TPSA) is 43.4 Å². The molecule has 0 saturated heterocycles. The number of ketones is 2. The van der Waals surface area contributed by atoms with Crippen molar-refractivity contribution in [2.24, 2.45) is 0 Å². The van der Waals surface area contributed by atoms with Gasteiger partial charge in [-0.3, -0.25) is 4.79 Å². The lowest BCUT2D eigenvalue weighted by atomic mass is 9.91. The molecule has 1 aliphatic rings. The monoisotopic (exact) mass is 194 g/mol. The average molecular weight is 194 g/mol. The Morgan fingerprint density at radius 3 is 2.43 bits per heavy atom. The lowest BCUT2D eigenvalue weighted by Gasteiger charge is -2.26. The number of carbonyl (C=O) groups is 2. The van der Waals surface area contributed by atoms with Crippen molar-refractivity contribution in [1.29, 1.82) is 0 Å². The Morgan fingerprint density at radius 2 is 2.00 bits per heavy atom. The van der Waals surface area contributed by atoms with Crippen LogP contribution in [-0.4, -0.2) is 24.3 Å². The number of Topliss-reactive ketones (excluding diaryl/α,β-unsaturated/α-hetero) is 1. The van der Waals surface area contributed by atoms with Gasteiger partial charge < -0.3 is 9.53 Å². The summed E-state index contributed by atoms with van der Waals surface area (Å²) in [6.45, 7) is 1.55. The molecular weight excluding hydrogens is 180 g/mol. The van der Waals surface area contributed by atoms with E-state index in [4.69, 9.17) is 4.74 Å². The van der Waals surface area contributed by atoms with Crippen molar-refractivity contribution in [3.63, 3.8) is 0 Å². The van der Waals surface area contributed by atoms with Crippen molar-refractivity contribution >= 4 is 11.6 Å². The zero-order valence-corrected chi connectivity index (χ0v) is 8.45. The van der Waals surface area contributed by atoms with E-state index in [1.807, 2.05) is 0 Å². The molecule has 0 N–H and O–H groups in total. The van der Waals surface area contributed by atoms with Crippen LogP contribution in [0.5, 0.6) is 0 Å². The van der Waals surface area contributed by atoms with Crippen LogP contribution < -0.4 is 0 Å². The summed E-state index contributed by atoms with van der Waals surface area (Å²) in [5.74, 6) is 0.0839. The van der Waals surface area contributed by atoms with Gasteiger partial charge in [-0.15, -0.1) is 0 Å². The van der Waals surface area contributed by atoms with E-state index in [-0.39, 0.29) is 11.6 Å². The van der Waals surface area contributed by atoms with Crippen molar-refractivity contribution in [3.05, 3.63) is 24.3 Å². The lowest BCUT2D eigenvalue weighted by Crippen LogP contribution is -2.29. The van der Waals surface area contributed by atoms with Crippen molar-refractivity contribution in [1.82, 2.24) is 0 Å². The van der Waals surface area contributed by atoms with Crippen LogP contribution >= 0.6 is 0 Å². The van der Waals surface area contributed by atoms with Gasteiger partial charge >= 0.3 is 0 Å². The predicted octanol–water partition coefficient (Wildman–Crippen LogP) is 1.44. The molecule has 0 unspecified atom stereocenters. The van der Waals surface area contributed by atoms with Gasteiger partial charge in [-0.05, 0) is 37.6 Å². The molecule has 3 nitrogen and oxygen atoms in total. The molecule has 0 amide bonds. The predicted molar refractivity (Wildman–Crippen MR) is 52.9 cm³/mol. The highest BCUT2D eigenvalue weighted by atomic mass is 16.5. The third-order valence-corrected chi connectivity index (χ3v) is 2.31. The fourth-order valence-electron chi connectivity index (χ4n) is 1.33. The largest absolute Gasteiger partial charge is 0.370 e. The molecule has 1 aliphatic carbocycles. The van der Waals surface area contributed by atoms with Gasteiger partial charge in [0.1, 0.15) is 11.4 Å². The minimum absolute atomic E-state index is 0.0412. The molecule has 3 heteroatoms. The lowest BCUT2D eigenvalue weighted by molar-refractivity contribution is -0.117. The van der Waals surface area contributed by atoms with Gasteiger partial charge in [-0.2, -0.15) is 0 Å². The third-order valence-electron chi connectivity index (χ3n) is 2.31. The summed E-state index contributed by atoms with van der Waals surface area (Å²) < 4.78 is 5.30. The minimum Gasteiger partial charge on any atom is -0.370 e. The van der Waals surface area contributed by atoms with Crippen LogP contribution in [0, 0.1) is 0 Å². The first kappa shape index (κ1) is 10.9. The molecule has 0 saturated carbocycles. The Balaban J connectivity index is 2.68. The molecule has 0 bridgehead atoms. The van der Waals surface area contributed by atoms with E-state index >= 15 is 0 Å². The summed E-state index contributed by atoms with van der Waals surface area (Å²) in [7, 11) is 1.57. The fraction of sp³-hybridized carbons (Fsp3) is 0.455. The van der Waals surface area contributed by atoms with E-state index in [2.05, 4.69) is 0 Å². The number of methoxy groups -OCH3 is 1. The van der Waals surface area contributed by atoms with Crippen molar-refractivity contribution in [3.8, 4) is 0 Å². The maximum absolute atomic E-state index is 10.9. The molecule has 1 rings (SSSR count). The SMILES string of the molecule is COC1(CCC(C)=O)C=CC(=O)C=C1. The minimum atomic E-state index is -0.570. The molecule has 14 heavy (non-hydrogen) atoms. The van der Waals surface area contributed by atoms with Gasteiger partial charge in [0.15, 0.2) is 5.78 Å². The zero-order chi connectivity index (χ0) is 10.6. The van der Waals surface area contributed by atoms with E-state index in [9.17, 15) is 9.59 Å². The van der Waals surface area contributed by atoms with Gasteiger partial charge in [0.2, 0.25) is 0 Å². The highest BCUT2D eigenvalue weighted by molar-refractivity contribution is 6.00. The molecule has 0 aromatic carbocycles. The highest BCUT2D eigenvalue weighted by Crippen LogP contribution is 2.24. The Labute approximate surface area is 83.4 Å². The summed E-state index contributed by atoms with van der Waals surface area (Å²) >= 11 is 0. The number of hydrogen-bond donors (Lipinski definition) is 0. The van der Waals surface area contributed by atoms with Crippen LogP contribution in [0.25, 0.3) is 0 Å². The molecular formula is C11H14O3. The van der Waals surface area contributed by atoms with Crippen LogP contribution in [0.2, 0.25) is 0 Å². The summed E-state index contributed by atoms with van der Waals surface area (Å²) in [6.07, 6.45) is 7.40.